The standard InChI is InChI=1S/C11H21NO4/c1-7-6-9(12(3)4)10(8(2)15-7)16-11(13)14-5/h7-10H,6H2,1-5H3. The number of nitrogens with zero attached hydrogens (tertiary/aromatic N) is 1. The van der Waals surface area contributed by atoms with Crippen LogP contribution >= 0.6 is 0 Å². The van der Waals surface area contributed by atoms with E-state index in [0.717, 1.165) is 6.42 Å². The van der Waals surface area contributed by atoms with Crippen molar-refractivity contribution >= 4 is 6.16 Å². The molecule has 16 heavy (non-hydrogen) atoms. The normalized spacial score (nSPS) is 34.9. The molecule has 1 heterocycles. The van der Waals surface area contributed by atoms with Crippen molar-refractivity contribution in [2.24, 2.45) is 0 Å². The number of rotatable bonds is 2. The molecule has 1 fully saturated rings. The number of likely N-dealkylation sites (N-methyl/N-ethyl adjacent to an activating group) is 1. The average Bonchev–Trinajstić information content (AvgIpc) is 2.20. The number of carbonyl (C=O) groups excluding carboxylic acids is 1. The van der Waals surface area contributed by atoms with Gasteiger partial charge in [0.1, 0.15) is 6.10 Å². The van der Waals surface area contributed by atoms with Crippen LogP contribution in [0.5, 0.6) is 0 Å². The molecule has 5 nitrogen and oxygen atoms in total. The fourth-order valence-electron chi connectivity index (χ4n) is 2.12. The van der Waals surface area contributed by atoms with Gasteiger partial charge in [-0.25, -0.2) is 4.79 Å². The maximum absolute atomic E-state index is 11.2. The Kier molecular flexibility index (Phi) is 4.56. The van der Waals surface area contributed by atoms with E-state index >= 15 is 0 Å². The summed E-state index contributed by atoms with van der Waals surface area (Å²) in [6, 6.07) is 0.165. The van der Waals surface area contributed by atoms with Crippen LogP contribution in [0.15, 0.2) is 0 Å². The van der Waals surface area contributed by atoms with E-state index in [4.69, 9.17) is 9.47 Å². The van der Waals surface area contributed by atoms with Crippen molar-refractivity contribution in [3.8, 4) is 0 Å². The Morgan fingerprint density at radius 2 is 2.00 bits per heavy atom. The summed E-state index contributed by atoms with van der Waals surface area (Å²) < 4.78 is 15.4. The number of hydrogen-bond acceptors (Lipinski definition) is 5. The minimum Gasteiger partial charge on any atom is -0.438 e. The molecule has 0 aromatic heterocycles. The third kappa shape index (κ3) is 3.09. The first-order chi connectivity index (χ1) is 7.45. The van der Waals surface area contributed by atoms with Crippen molar-refractivity contribution in [3.05, 3.63) is 0 Å². The Balaban J connectivity index is 2.71. The quantitative estimate of drug-likeness (QED) is 0.670. The first-order valence-corrected chi connectivity index (χ1v) is 5.52. The molecule has 0 bridgehead atoms. The molecule has 0 amide bonds. The van der Waals surface area contributed by atoms with E-state index in [-0.39, 0.29) is 24.4 Å². The molecule has 5 heteroatoms. The van der Waals surface area contributed by atoms with E-state index in [1.165, 1.54) is 7.11 Å². The second kappa shape index (κ2) is 5.50. The zero-order valence-electron chi connectivity index (χ0n) is 10.6. The van der Waals surface area contributed by atoms with Crippen LogP contribution in [0.25, 0.3) is 0 Å². The van der Waals surface area contributed by atoms with Crippen LogP contribution in [0.1, 0.15) is 20.3 Å². The molecule has 94 valence electrons. The molecular weight excluding hydrogens is 210 g/mol. The summed E-state index contributed by atoms with van der Waals surface area (Å²) in [5, 5.41) is 0. The lowest BCUT2D eigenvalue weighted by Gasteiger charge is -2.41. The van der Waals surface area contributed by atoms with Crippen LogP contribution in [0.3, 0.4) is 0 Å². The van der Waals surface area contributed by atoms with Gasteiger partial charge in [-0.05, 0) is 34.4 Å². The van der Waals surface area contributed by atoms with Gasteiger partial charge in [-0.15, -0.1) is 0 Å². The summed E-state index contributed by atoms with van der Waals surface area (Å²) in [5.41, 5.74) is 0. The summed E-state index contributed by atoms with van der Waals surface area (Å²) >= 11 is 0. The third-order valence-electron chi connectivity index (χ3n) is 2.92. The molecule has 1 aliphatic rings. The first-order valence-electron chi connectivity index (χ1n) is 5.52. The molecule has 0 aliphatic carbocycles. The number of hydrogen-bond donors (Lipinski definition) is 0. The lowest BCUT2D eigenvalue weighted by Crippen LogP contribution is -2.54. The van der Waals surface area contributed by atoms with Crippen molar-refractivity contribution in [2.75, 3.05) is 21.2 Å². The fraction of sp³-hybridized carbons (Fsp3) is 0.909. The zero-order chi connectivity index (χ0) is 12.3. The van der Waals surface area contributed by atoms with E-state index in [9.17, 15) is 4.79 Å². The summed E-state index contributed by atoms with van der Waals surface area (Å²) in [6.45, 7) is 3.95. The Hall–Kier alpha value is -0.810. The maximum atomic E-state index is 11.2. The highest BCUT2D eigenvalue weighted by Gasteiger charge is 2.39. The Bertz CT molecular complexity index is 244. The third-order valence-corrected chi connectivity index (χ3v) is 2.92. The van der Waals surface area contributed by atoms with E-state index in [2.05, 4.69) is 9.64 Å². The van der Waals surface area contributed by atoms with E-state index in [0.29, 0.717) is 0 Å². The van der Waals surface area contributed by atoms with Gasteiger partial charge < -0.3 is 19.1 Å². The highest BCUT2D eigenvalue weighted by molar-refractivity contribution is 5.60. The smallest absolute Gasteiger partial charge is 0.438 e. The van der Waals surface area contributed by atoms with E-state index in [1.807, 2.05) is 27.9 Å². The van der Waals surface area contributed by atoms with Crippen LogP contribution < -0.4 is 0 Å². The highest BCUT2D eigenvalue weighted by atomic mass is 16.7. The minimum atomic E-state index is -0.651. The maximum Gasteiger partial charge on any atom is 0.508 e. The Morgan fingerprint density at radius 3 is 2.50 bits per heavy atom. The van der Waals surface area contributed by atoms with Crippen molar-refractivity contribution in [1.29, 1.82) is 0 Å². The fourth-order valence-corrected chi connectivity index (χ4v) is 2.12. The van der Waals surface area contributed by atoms with Crippen molar-refractivity contribution in [3.63, 3.8) is 0 Å². The summed E-state index contributed by atoms with van der Waals surface area (Å²) in [7, 11) is 5.26. The van der Waals surface area contributed by atoms with E-state index < -0.39 is 6.16 Å². The van der Waals surface area contributed by atoms with Gasteiger partial charge in [0.25, 0.3) is 0 Å². The topological polar surface area (TPSA) is 48.0 Å². The molecule has 4 unspecified atom stereocenters. The molecular formula is C11H21NO4. The van der Waals surface area contributed by atoms with Crippen LogP contribution in [0.4, 0.5) is 4.79 Å². The molecule has 0 saturated carbocycles. The van der Waals surface area contributed by atoms with Gasteiger partial charge in [-0.1, -0.05) is 0 Å². The lowest BCUT2D eigenvalue weighted by molar-refractivity contribution is -0.143. The Labute approximate surface area is 96.6 Å². The largest absolute Gasteiger partial charge is 0.508 e. The molecule has 0 N–H and O–H groups in total. The van der Waals surface area contributed by atoms with Crippen molar-refractivity contribution < 1.29 is 19.0 Å². The monoisotopic (exact) mass is 231 g/mol. The predicted molar refractivity (Wildman–Crippen MR) is 59.4 cm³/mol. The first kappa shape index (κ1) is 13.3. The second-order valence-corrected chi connectivity index (χ2v) is 4.46. The number of ether oxygens (including phenoxy) is 3. The summed E-state index contributed by atoms with van der Waals surface area (Å²) in [6.07, 6.45) is -0.0189. The van der Waals surface area contributed by atoms with Gasteiger partial charge in [0.15, 0.2) is 0 Å². The van der Waals surface area contributed by atoms with Crippen LogP contribution in [0.2, 0.25) is 0 Å². The zero-order valence-corrected chi connectivity index (χ0v) is 10.6. The van der Waals surface area contributed by atoms with Gasteiger partial charge in [0, 0.05) is 0 Å². The highest BCUT2D eigenvalue weighted by Crippen LogP contribution is 2.25. The van der Waals surface area contributed by atoms with Crippen molar-refractivity contribution in [2.45, 2.75) is 44.6 Å². The number of carbonyl (C=O) groups is 1. The van der Waals surface area contributed by atoms with Gasteiger partial charge in [-0.2, -0.15) is 0 Å². The van der Waals surface area contributed by atoms with Crippen molar-refractivity contribution in [1.82, 2.24) is 4.90 Å². The van der Waals surface area contributed by atoms with Gasteiger partial charge in [0.05, 0.1) is 25.4 Å². The molecule has 1 saturated heterocycles. The van der Waals surface area contributed by atoms with Gasteiger partial charge >= 0.3 is 6.16 Å². The summed E-state index contributed by atoms with van der Waals surface area (Å²) in [5.74, 6) is 0. The molecule has 1 aliphatic heterocycles. The predicted octanol–water partition coefficient (Wildman–Crippen LogP) is 1.27. The molecule has 0 spiro atoms. The van der Waals surface area contributed by atoms with E-state index in [1.54, 1.807) is 0 Å². The van der Waals surface area contributed by atoms with Gasteiger partial charge in [-0.3, -0.25) is 0 Å². The van der Waals surface area contributed by atoms with Gasteiger partial charge in [0.2, 0.25) is 0 Å². The Morgan fingerprint density at radius 1 is 1.38 bits per heavy atom. The summed E-state index contributed by atoms with van der Waals surface area (Å²) in [4.78, 5) is 13.2. The van der Waals surface area contributed by atoms with Crippen LogP contribution in [-0.4, -0.2) is 56.6 Å². The molecule has 0 aromatic carbocycles. The van der Waals surface area contributed by atoms with Crippen LogP contribution in [0, 0.1) is 0 Å². The lowest BCUT2D eigenvalue weighted by atomic mass is 9.95. The average molecular weight is 231 g/mol. The molecule has 1 rings (SSSR count). The number of methoxy groups -OCH3 is 1. The molecule has 4 atom stereocenters. The molecule has 0 radical (unpaired) electrons. The minimum absolute atomic E-state index is 0.116. The molecule has 0 aromatic rings. The SMILES string of the molecule is COC(=O)OC1C(C)OC(C)CC1N(C)C. The van der Waals surface area contributed by atoms with Crippen LogP contribution in [-0.2, 0) is 14.2 Å². The second-order valence-electron chi connectivity index (χ2n) is 4.46.